The average Bonchev–Trinajstić information content (AvgIpc) is 3.25. The quantitative estimate of drug-likeness (QED) is 0.673. The molecule has 0 spiro atoms. The molecular weight excluding hydrogens is 348 g/mol. The zero-order valence-corrected chi connectivity index (χ0v) is 14.3. The Bertz CT molecular complexity index is 830. The number of hydrogen-bond acceptors (Lipinski definition) is 4. The number of nitrogens with zero attached hydrogens (tertiary/aromatic N) is 3. The standard InChI is InChI=1S/C16H17F2N5OS/c1-25-9-7-12(14-19-10-4-2-3-5-11(10)20-14)21-15(24)13-6-8-23(22-13)16(17)18/h2-6,8,12,16H,7,9H2,1H3,(H,19,20)(H,21,24)/t12-/m1/s1. The first kappa shape index (κ1) is 17.4. The summed E-state index contributed by atoms with van der Waals surface area (Å²) in [6.07, 6.45) is 3.71. The minimum absolute atomic E-state index is 0.0504. The lowest BCUT2D eigenvalue weighted by atomic mass is 10.2. The molecule has 132 valence electrons. The Balaban J connectivity index is 1.81. The first-order valence-electron chi connectivity index (χ1n) is 7.66. The molecule has 0 aliphatic carbocycles. The Hall–Kier alpha value is -2.42. The maximum Gasteiger partial charge on any atom is 0.333 e. The van der Waals surface area contributed by atoms with Crippen molar-refractivity contribution in [1.29, 1.82) is 0 Å². The molecule has 6 nitrogen and oxygen atoms in total. The van der Waals surface area contributed by atoms with Crippen molar-refractivity contribution in [2.75, 3.05) is 12.0 Å². The third-order valence-electron chi connectivity index (χ3n) is 3.69. The minimum Gasteiger partial charge on any atom is -0.341 e. The molecule has 9 heteroatoms. The van der Waals surface area contributed by atoms with E-state index in [1.807, 2.05) is 30.5 Å². The lowest BCUT2D eigenvalue weighted by Gasteiger charge is -2.15. The second kappa shape index (κ2) is 7.64. The molecule has 1 atom stereocenters. The van der Waals surface area contributed by atoms with Gasteiger partial charge in [-0.15, -0.1) is 0 Å². The van der Waals surface area contributed by atoms with Gasteiger partial charge in [-0.05, 0) is 36.6 Å². The van der Waals surface area contributed by atoms with E-state index in [0.29, 0.717) is 16.9 Å². The van der Waals surface area contributed by atoms with Crippen LogP contribution in [0.4, 0.5) is 8.78 Å². The van der Waals surface area contributed by atoms with Crippen LogP contribution in [0.1, 0.15) is 35.3 Å². The van der Waals surface area contributed by atoms with Gasteiger partial charge in [0.05, 0.1) is 17.1 Å². The van der Waals surface area contributed by atoms with Gasteiger partial charge in [0.25, 0.3) is 5.91 Å². The average molecular weight is 365 g/mol. The van der Waals surface area contributed by atoms with E-state index in [4.69, 9.17) is 0 Å². The number of alkyl halides is 2. The summed E-state index contributed by atoms with van der Waals surface area (Å²) in [5, 5.41) is 6.43. The molecule has 3 aromatic rings. The van der Waals surface area contributed by atoms with Crippen molar-refractivity contribution in [1.82, 2.24) is 25.1 Å². The van der Waals surface area contributed by atoms with Gasteiger partial charge in [-0.1, -0.05) is 12.1 Å². The zero-order chi connectivity index (χ0) is 17.8. The molecule has 0 radical (unpaired) electrons. The van der Waals surface area contributed by atoms with Crippen LogP contribution in [0.2, 0.25) is 0 Å². The predicted octanol–water partition coefficient (Wildman–Crippen LogP) is 3.38. The Morgan fingerprint density at radius 3 is 2.84 bits per heavy atom. The molecule has 3 rings (SSSR count). The maximum atomic E-state index is 12.6. The van der Waals surface area contributed by atoms with Gasteiger partial charge in [-0.25, -0.2) is 9.67 Å². The van der Waals surface area contributed by atoms with Crippen molar-refractivity contribution in [3.8, 4) is 0 Å². The Kier molecular flexibility index (Phi) is 5.32. The summed E-state index contributed by atoms with van der Waals surface area (Å²) in [6, 6.07) is 8.49. The van der Waals surface area contributed by atoms with Crippen LogP contribution in [-0.2, 0) is 0 Å². The number of halogens is 2. The SMILES string of the molecule is CSCC[C@@H](NC(=O)c1ccn(C(F)F)n1)c1nc2ccccc2[nH]1. The van der Waals surface area contributed by atoms with E-state index in [1.165, 1.54) is 6.07 Å². The number of amides is 1. The minimum atomic E-state index is -2.77. The van der Waals surface area contributed by atoms with Gasteiger partial charge in [0.1, 0.15) is 11.5 Å². The van der Waals surface area contributed by atoms with Crippen molar-refractivity contribution < 1.29 is 13.6 Å². The van der Waals surface area contributed by atoms with Crippen molar-refractivity contribution >= 4 is 28.7 Å². The molecule has 0 aliphatic heterocycles. The number of thioether (sulfide) groups is 1. The summed E-state index contributed by atoms with van der Waals surface area (Å²) >= 11 is 1.65. The molecule has 0 saturated carbocycles. The van der Waals surface area contributed by atoms with Gasteiger partial charge in [0.15, 0.2) is 0 Å². The number of aromatic nitrogens is 4. The molecule has 25 heavy (non-hydrogen) atoms. The van der Waals surface area contributed by atoms with Gasteiger partial charge in [0, 0.05) is 6.20 Å². The van der Waals surface area contributed by atoms with Crippen molar-refractivity contribution in [3.05, 3.63) is 48.0 Å². The fourth-order valence-electron chi connectivity index (χ4n) is 2.45. The van der Waals surface area contributed by atoms with Gasteiger partial charge in [0.2, 0.25) is 0 Å². The van der Waals surface area contributed by atoms with Gasteiger partial charge in [-0.3, -0.25) is 4.79 Å². The normalized spacial score (nSPS) is 12.6. The van der Waals surface area contributed by atoms with Crippen LogP contribution in [-0.4, -0.2) is 37.7 Å². The zero-order valence-electron chi connectivity index (χ0n) is 13.4. The van der Waals surface area contributed by atoms with E-state index in [9.17, 15) is 13.6 Å². The number of H-pyrrole nitrogens is 1. The first-order valence-corrected chi connectivity index (χ1v) is 9.05. The molecule has 1 aromatic carbocycles. The van der Waals surface area contributed by atoms with Crippen molar-refractivity contribution in [3.63, 3.8) is 0 Å². The highest BCUT2D eigenvalue weighted by Gasteiger charge is 2.21. The third-order valence-corrected chi connectivity index (χ3v) is 4.34. The monoisotopic (exact) mass is 365 g/mol. The number of hydrogen-bond donors (Lipinski definition) is 2. The van der Waals surface area contributed by atoms with Crippen molar-refractivity contribution in [2.45, 2.75) is 19.0 Å². The Morgan fingerprint density at radius 2 is 2.16 bits per heavy atom. The highest BCUT2D eigenvalue weighted by atomic mass is 32.2. The molecule has 0 bridgehead atoms. The number of fused-ring (bicyclic) bond motifs is 1. The van der Waals surface area contributed by atoms with Crippen LogP contribution in [0.25, 0.3) is 11.0 Å². The number of nitrogens with one attached hydrogen (secondary N) is 2. The van der Waals surface area contributed by atoms with Crippen LogP contribution < -0.4 is 5.32 Å². The van der Waals surface area contributed by atoms with Crippen molar-refractivity contribution in [2.24, 2.45) is 0 Å². The number of carbonyl (C=O) groups is 1. The molecule has 2 aromatic heterocycles. The Labute approximate surface area is 147 Å². The van der Waals surface area contributed by atoms with Crippen LogP contribution in [0.5, 0.6) is 0 Å². The van der Waals surface area contributed by atoms with E-state index in [2.05, 4.69) is 20.4 Å². The molecule has 0 aliphatic rings. The van der Waals surface area contributed by atoms with E-state index < -0.39 is 12.5 Å². The first-order chi connectivity index (χ1) is 12.1. The highest BCUT2D eigenvalue weighted by molar-refractivity contribution is 7.98. The molecular formula is C16H17F2N5OS. The summed E-state index contributed by atoms with van der Waals surface area (Å²) in [6.45, 7) is -2.77. The van der Waals surface area contributed by atoms with Gasteiger partial charge >= 0.3 is 6.55 Å². The van der Waals surface area contributed by atoms with Crippen LogP contribution in [0.3, 0.4) is 0 Å². The smallest absolute Gasteiger partial charge is 0.333 e. The number of rotatable bonds is 7. The fourth-order valence-corrected chi connectivity index (χ4v) is 2.92. The number of carbonyl (C=O) groups excluding carboxylic acids is 1. The van der Waals surface area contributed by atoms with Crippen LogP contribution in [0.15, 0.2) is 36.5 Å². The van der Waals surface area contributed by atoms with E-state index in [1.54, 1.807) is 11.8 Å². The molecule has 0 unspecified atom stereocenters. The summed E-state index contributed by atoms with van der Waals surface area (Å²) in [7, 11) is 0. The molecule has 0 fully saturated rings. The van der Waals surface area contributed by atoms with E-state index >= 15 is 0 Å². The summed E-state index contributed by atoms with van der Waals surface area (Å²) < 4.78 is 25.7. The molecule has 0 saturated heterocycles. The second-order valence-corrected chi connectivity index (χ2v) is 6.39. The van der Waals surface area contributed by atoms with E-state index in [0.717, 1.165) is 23.0 Å². The van der Waals surface area contributed by atoms with Crippen LogP contribution >= 0.6 is 11.8 Å². The second-order valence-electron chi connectivity index (χ2n) is 5.41. The summed E-state index contributed by atoms with van der Waals surface area (Å²) in [4.78, 5) is 20.1. The predicted molar refractivity (Wildman–Crippen MR) is 92.8 cm³/mol. The number of imidazole rings is 1. The molecule has 2 N–H and O–H groups in total. The van der Waals surface area contributed by atoms with Gasteiger partial charge < -0.3 is 10.3 Å². The summed E-state index contributed by atoms with van der Waals surface area (Å²) in [5.41, 5.74) is 1.64. The molecule has 2 heterocycles. The van der Waals surface area contributed by atoms with Gasteiger partial charge in [-0.2, -0.15) is 25.6 Å². The fraction of sp³-hybridized carbons (Fsp3) is 0.312. The number of para-hydroxylation sites is 2. The Morgan fingerprint density at radius 1 is 1.36 bits per heavy atom. The maximum absolute atomic E-state index is 12.6. The van der Waals surface area contributed by atoms with E-state index in [-0.39, 0.29) is 11.7 Å². The third kappa shape index (κ3) is 3.98. The van der Waals surface area contributed by atoms with Crippen LogP contribution in [0, 0.1) is 0 Å². The lowest BCUT2D eigenvalue weighted by Crippen LogP contribution is -2.30. The largest absolute Gasteiger partial charge is 0.341 e. The topological polar surface area (TPSA) is 75.6 Å². The number of aromatic amines is 1. The lowest BCUT2D eigenvalue weighted by molar-refractivity contribution is 0.0559. The molecule has 1 amide bonds. The summed E-state index contributed by atoms with van der Waals surface area (Å²) in [5.74, 6) is 0.941. The highest BCUT2D eigenvalue weighted by Crippen LogP contribution is 2.20. The number of benzene rings is 1.